The molecule has 1 N–H and O–H groups in total. The number of nitrogens with zero attached hydrogens (tertiary/aromatic N) is 1. The number of anilines is 2. The summed E-state index contributed by atoms with van der Waals surface area (Å²) < 4.78 is 0. The average Bonchev–Trinajstić information content (AvgIpc) is 3.03. The van der Waals surface area contributed by atoms with Gasteiger partial charge < -0.3 is 10.2 Å². The molecule has 2 amide bonds. The van der Waals surface area contributed by atoms with Crippen LogP contribution in [-0.4, -0.2) is 18.4 Å². The molecule has 0 spiro atoms. The third-order valence-electron chi connectivity index (χ3n) is 5.38. The minimum atomic E-state index is -0.338. The SMILES string of the molecule is CC(C)c1ccccc1NC(=O)C1CC(=O)N(c2ccc(C(C)(C)C)cc2)C1. The molecule has 1 fully saturated rings. The fraction of sp³-hybridized carbons (Fsp3) is 0.417. The molecule has 0 aliphatic carbocycles. The topological polar surface area (TPSA) is 49.4 Å². The molecule has 0 bridgehead atoms. The van der Waals surface area contributed by atoms with E-state index in [1.54, 1.807) is 4.90 Å². The van der Waals surface area contributed by atoms with E-state index in [0.717, 1.165) is 16.9 Å². The maximum atomic E-state index is 12.8. The predicted octanol–water partition coefficient (Wildman–Crippen LogP) is 5.10. The molecule has 0 radical (unpaired) electrons. The summed E-state index contributed by atoms with van der Waals surface area (Å²) in [5.74, 6) is -0.106. The Morgan fingerprint density at radius 3 is 2.32 bits per heavy atom. The standard InChI is InChI=1S/C24H30N2O2/c1-16(2)20-8-6-7-9-21(20)25-23(28)17-14-22(27)26(15-17)19-12-10-18(11-13-19)24(3,4)5/h6-13,16-17H,14-15H2,1-5H3,(H,25,28). The second-order valence-electron chi connectivity index (χ2n) is 8.93. The summed E-state index contributed by atoms with van der Waals surface area (Å²) >= 11 is 0. The van der Waals surface area contributed by atoms with Gasteiger partial charge in [0.25, 0.3) is 0 Å². The van der Waals surface area contributed by atoms with Gasteiger partial charge in [-0.25, -0.2) is 0 Å². The van der Waals surface area contributed by atoms with Crippen LogP contribution < -0.4 is 10.2 Å². The molecule has 1 unspecified atom stereocenters. The largest absolute Gasteiger partial charge is 0.326 e. The molecule has 1 atom stereocenters. The highest BCUT2D eigenvalue weighted by Gasteiger charge is 2.35. The Kier molecular flexibility index (Phi) is 5.59. The zero-order valence-electron chi connectivity index (χ0n) is 17.5. The van der Waals surface area contributed by atoms with Crippen molar-refractivity contribution in [3.05, 3.63) is 59.7 Å². The number of amides is 2. The highest BCUT2D eigenvalue weighted by Crippen LogP contribution is 2.30. The van der Waals surface area contributed by atoms with Crippen LogP contribution in [0.3, 0.4) is 0 Å². The third kappa shape index (κ3) is 4.27. The van der Waals surface area contributed by atoms with Crippen LogP contribution in [0.4, 0.5) is 11.4 Å². The normalized spacial score (nSPS) is 17.3. The fourth-order valence-electron chi connectivity index (χ4n) is 3.62. The van der Waals surface area contributed by atoms with E-state index < -0.39 is 0 Å². The van der Waals surface area contributed by atoms with Crippen LogP contribution in [0, 0.1) is 5.92 Å². The second kappa shape index (κ2) is 7.78. The summed E-state index contributed by atoms with van der Waals surface area (Å²) in [6, 6.07) is 15.9. The quantitative estimate of drug-likeness (QED) is 0.805. The first-order chi connectivity index (χ1) is 13.2. The molecule has 1 aliphatic rings. The summed E-state index contributed by atoms with van der Waals surface area (Å²) in [5, 5.41) is 3.04. The summed E-state index contributed by atoms with van der Waals surface area (Å²) in [6.45, 7) is 11.1. The zero-order chi connectivity index (χ0) is 20.5. The average molecular weight is 379 g/mol. The van der Waals surface area contributed by atoms with Gasteiger partial charge in [0.05, 0.1) is 5.92 Å². The first-order valence-electron chi connectivity index (χ1n) is 9.97. The Balaban J connectivity index is 1.71. The smallest absolute Gasteiger partial charge is 0.229 e. The molecule has 1 saturated heterocycles. The van der Waals surface area contributed by atoms with E-state index in [0.29, 0.717) is 12.5 Å². The number of carbonyl (C=O) groups is 2. The van der Waals surface area contributed by atoms with Crippen LogP contribution >= 0.6 is 0 Å². The molecule has 148 valence electrons. The summed E-state index contributed by atoms with van der Waals surface area (Å²) in [7, 11) is 0. The molecule has 1 aliphatic heterocycles. The Bertz CT molecular complexity index is 863. The van der Waals surface area contributed by atoms with Crippen LogP contribution in [0.25, 0.3) is 0 Å². The van der Waals surface area contributed by atoms with Gasteiger partial charge in [0.1, 0.15) is 0 Å². The number of carbonyl (C=O) groups excluding carboxylic acids is 2. The van der Waals surface area contributed by atoms with Crippen LogP contribution in [0.5, 0.6) is 0 Å². The van der Waals surface area contributed by atoms with Crippen molar-refractivity contribution in [1.82, 2.24) is 0 Å². The van der Waals surface area contributed by atoms with E-state index in [-0.39, 0.29) is 29.6 Å². The number of rotatable bonds is 4. The number of para-hydroxylation sites is 1. The Labute approximate surface area is 167 Å². The van der Waals surface area contributed by atoms with Gasteiger partial charge in [0.2, 0.25) is 11.8 Å². The van der Waals surface area contributed by atoms with E-state index >= 15 is 0 Å². The van der Waals surface area contributed by atoms with E-state index in [1.165, 1.54) is 5.56 Å². The molecular formula is C24H30N2O2. The minimum Gasteiger partial charge on any atom is -0.326 e. The van der Waals surface area contributed by atoms with Crippen LogP contribution in [0.15, 0.2) is 48.5 Å². The third-order valence-corrected chi connectivity index (χ3v) is 5.38. The molecule has 1 heterocycles. The van der Waals surface area contributed by atoms with Gasteiger partial charge in [-0.1, -0.05) is 65.0 Å². The predicted molar refractivity (Wildman–Crippen MR) is 115 cm³/mol. The Hall–Kier alpha value is -2.62. The Morgan fingerprint density at radius 1 is 1.07 bits per heavy atom. The summed E-state index contributed by atoms with van der Waals surface area (Å²) in [4.78, 5) is 27.1. The van der Waals surface area contributed by atoms with Crippen molar-refractivity contribution in [1.29, 1.82) is 0 Å². The molecular weight excluding hydrogens is 348 g/mol. The highest BCUT2D eigenvalue weighted by atomic mass is 16.2. The van der Waals surface area contributed by atoms with E-state index in [1.807, 2.05) is 36.4 Å². The molecule has 2 aromatic carbocycles. The van der Waals surface area contributed by atoms with Crippen LogP contribution in [-0.2, 0) is 15.0 Å². The van der Waals surface area contributed by atoms with Crippen molar-refractivity contribution in [3.8, 4) is 0 Å². The number of hydrogen-bond donors (Lipinski definition) is 1. The zero-order valence-corrected chi connectivity index (χ0v) is 17.5. The molecule has 0 aromatic heterocycles. The number of benzene rings is 2. The van der Waals surface area contributed by atoms with Crippen molar-refractivity contribution in [3.63, 3.8) is 0 Å². The summed E-state index contributed by atoms with van der Waals surface area (Å²) in [6.07, 6.45) is 0.247. The van der Waals surface area contributed by atoms with Crippen molar-refractivity contribution < 1.29 is 9.59 Å². The lowest BCUT2D eigenvalue weighted by Gasteiger charge is -2.22. The van der Waals surface area contributed by atoms with Gasteiger partial charge in [-0.3, -0.25) is 9.59 Å². The maximum Gasteiger partial charge on any atom is 0.229 e. The van der Waals surface area contributed by atoms with Gasteiger partial charge in [0.15, 0.2) is 0 Å². The highest BCUT2D eigenvalue weighted by molar-refractivity contribution is 6.03. The monoisotopic (exact) mass is 378 g/mol. The maximum absolute atomic E-state index is 12.8. The summed E-state index contributed by atoms with van der Waals surface area (Å²) in [5.41, 5.74) is 4.09. The Morgan fingerprint density at radius 2 is 1.71 bits per heavy atom. The first-order valence-corrected chi connectivity index (χ1v) is 9.97. The van der Waals surface area contributed by atoms with Gasteiger partial charge in [-0.05, 0) is 40.7 Å². The molecule has 0 saturated carbocycles. The molecule has 3 rings (SSSR count). The number of hydrogen-bond acceptors (Lipinski definition) is 2. The molecule has 28 heavy (non-hydrogen) atoms. The first kappa shape index (κ1) is 20.1. The van der Waals surface area contributed by atoms with Gasteiger partial charge in [0, 0.05) is 24.3 Å². The fourth-order valence-corrected chi connectivity index (χ4v) is 3.62. The lowest BCUT2D eigenvalue weighted by atomic mass is 9.87. The minimum absolute atomic E-state index is 0.000744. The van der Waals surface area contributed by atoms with E-state index in [2.05, 4.69) is 52.1 Å². The molecule has 2 aromatic rings. The van der Waals surface area contributed by atoms with Gasteiger partial charge in [-0.15, -0.1) is 0 Å². The van der Waals surface area contributed by atoms with Crippen LogP contribution in [0.1, 0.15) is 58.1 Å². The van der Waals surface area contributed by atoms with Gasteiger partial charge >= 0.3 is 0 Å². The lowest BCUT2D eigenvalue weighted by Crippen LogP contribution is -2.28. The van der Waals surface area contributed by atoms with E-state index in [4.69, 9.17) is 0 Å². The lowest BCUT2D eigenvalue weighted by molar-refractivity contribution is -0.122. The van der Waals surface area contributed by atoms with E-state index in [9.17, 15) is 9.59 Å². The molecule has 4 nitrogen and oxygen atoms in total. The van der Waals surface area contributed by atoms with Crippen molar-refractivity contribution in [2.24, 2.45) is 5.92 Å². The number of nitrogens with one attached hydrogen (secondary N) is 1. The second-order valence-corrected chi connectivity index (χ2v) is 8.93. The van der Waals surface area contributed by atoms with Crippen molar-refractivity contribution in [2.75, 3.05) is 16.8 Å². The van der Waals surface area contributed by atoms with Crippen molar-refractivity contribution in [2.45, 2.75) is 52.4 Å². The van der Waals surface area contributed by atoms with Crippen LogP contribution in [0.2, 0.25) is 0 Å². The molecule has 4 heteroatoms. The van der Waals surface area contributed by atoms with Gasteiger partial charge in [-0.2, -0.15) is 0 Å². The van der Waals surface area contributed by atoms with Crippen molar-refractivity contribution >= 4 is 23.2 Å².